The van der Waals surface area contributed by atoms with Crippen molar-refractivity contribution in [3.63, 3.8) is 0 Å². The number of rotatable bonds is 4. The highest BCUT2D eigenvalue weighted by molar-refractivity contribution is 6.11. The first-order valence-electron chi connectivity index (χ1n) is 16.8. The Hall–Kier alpha value is -6.92. The summed E-state index contributed by atoms with van der Waals surface area (Å²) in [5.74, 6) is 0. The number of benzene rings is 6. The van der Waals surface area contributed by atoms with Gasteiger partial charge in [0, 0.05) is 49.9 Å². The smallest absolute Gasteiger partial charge is 0.145 e. The van der Waals surface area contributed by atoms with E-state index in [0.717, 1.165) is 50.3 Å². The van der Waals surface area contributed by atoms with Crippen molar-refractivity contribution in [3.05, 3.63) is 170 Å². The van der Waals surface area contributed by atoms with Crippen LogP contribution in [0.25, 0.3) is 88.3 Å². The van der Waals surface area contributed by atoms with Gasteiger partial charge in [0.25, 0.3) is 0 Å². The highest BCUT2D eigenvalue weighted by Gasteiger charge is 2.18. The zero-order valence-electron chi connectivity index (χ0n) is 26.8. The van der Waals surface area contributed by atoms with E-state index < -0.39 is 0 Å². The van der Waals surface area contributed by atoms with Gasteiger partial charge in [0.1, 0.15) is 5.65 Å². The quantitative estimate of drug-likeness (QED) is 0.192. The summed E-state index contributed by atoms with van der Waals surface area (Å²) >= 11 is 0. The van der Waals surface area contributed by atoms with Crippen LogP contribution < -0.4 is 0 Å². The van der Waals surface area contributed by atoms with Gasteiger partial charge in [-0.1, -0.05) is 84.9 Å². The molecule has 0 fully saturated rings. The minimum absolute atomic E-state index is 0.952. The molecule has 0 spiro atoms. The Morgan fingerprint density at radius 2 is 0.880 bits per heavy atom. The summed E-state index contributed by atoms with van der Waals surface area (Å²) < 4.78 is 8.93. The van der Waals surface area contributed by atoms with Gasteiger partial charge in [-0.25, -0.2) is 9.67 Å². The Morgan fingerprint density at radius 1 is 0.360 bits per heavy atom. The van der Waals surface area contributed by atoms with Gasteiger partial charge in [-0.05, 0) is 66.7 Å². The summed E-state index contributed by atoms with van der Waals surface area (Å²) in [4.78, 5) is 4.83. The average molecular weight is 641 g/mol. The van der Waals surface area contributed by atoms with Gasteiger partial charge in [0.05, 0.1) is 51.4 Å². The molecule has 234 valence electrons. The van der Waals surface area contributed by atoms with Crippen LogP contribution in [-0.2, 0) is 0 Å². The van der Waals surface area contributed by atoms with E-state index in [0.29, 0.717) is 0 Å². The van der Waals surface area contributed by atoms with Gasteiger partial charge in [-0.3, -0.25) is 4.57 Å². The molecule has 0 atom stereocenters. The van der Waals surface area contributed by atoms with E-state index >= 15 is 0 Å². The van der Waals surface area contributed by atoms with Crippen molar-refractivity contribution in [1.82, 2.24) is 28.5 Å². The van der Waals surface area contributed by atoms with E-state index in [1.165, 1.54) is 38.0 Å². The minimum atomic E-state index is 0.952. The van der Waals surface area contributed by atoms with E-state index in [4.69, 9.17) is 10.1 Å². The van der Waals surface area contributed by atoms with Crippen LogP contribution in [0.15, 0.2) is 170 Å². The zero-order valence-corrected chi connectivity index (χ0v) is 26.8. The Morgan fingerprint density at radius 3 is 1.54 bits per heavy atom. The summed E-state index contributed by atoms with van der Waals surface area (Å²) in [6, 6.07) is 53.9. The van der Waals surface area contributed by atoms with Gasteiger partial charge < -0.3 is 9.13 Å². The normalized spacial score (nSPS) is 12.0. The third-order valence-electron chi connectivity index (χ3n) is 10.1. The zero-order chi connectivity index (χ0) is 32.8. The molecule has 11 aromatic rings. The standard InChI is InChI=1S/C44H28N6/c1-6-19-40-33(13-1)34-14-2-7-20-41(34)49(40)32-27-46-47(28-32)29-22-23-37-35-15-3-5-18-39(35)48(43(37)26-29)30-11-9-12-31(25-30)50-42-21-8-4-16-36(42)38-17-10-24-45-44(38)50/h1-28H. The lowest BCUT2D eigenvalue weighted by molar-refractivity contribution is 0.881. The highest BCUT2D eigenvalue weighted by Crippen LogP contribution is 2.36. The molecule has 0 saturated heterocycles. The largest absolute Gasteiger partial charge is 0.309 e. The molecule has 0 radical (unpaired) electrons. The van der Waals surface area contributed by atoms with Crippen LogP contribution in [0.2, 0.25) is 0 Å². The fourth-order valence-electron chi connectivity index (χ4n) is 7.98. The first-order chi connectivity index (χ1) is 24.8. The molecule has 6 heteroatoms. The predicted octanol–water partition coefficient (Wildman–Crippen LogP) is 10.6. The molecule has 0 saturated carbocycles. The molecule has 0 bridgehead atoms. The van der Waals surface area contributed by atoms with Gasteiger partial charge in [-0.2, -0.15) is 5.10 Å². The van der Waals surface area contributed by atoms with Gasteiger partial charge >= 0.3 is 0 Å². The number of aromatic nitrogens is 6. The summed E-state index contributed by atoms with van der Waals surface area (Å²) in [7, 11) is 0. The molecule has 11 rings (SSSR count). The van der Waals surface area contributed by atoms with Crippen molar-refractivity contribution in [1.29, 1.82) is 0 Å². The molecule has 6 nitrogen and oxygen atoms in total. The number of pyridine rings is 1. The van der Waals surface area contributed by atoms with Crippen molar-refractivity contribution in [2.75, 3.05) is 0 Å². The monoisotopic (exact) mass is 640 g/mol. The van der Waals surface area contributed by atoms with Crippen molar-refractivity contribution < 1.29 is 0 Å². The Kier molecular flexibility index (Phi) is 5.57. The summed E-state index contributed by atoms with van der Waals surface area (Å²) in [6.45, 7) is 0. The van der Waals surface area contributed by atoms with Gasteiger partial charge in [0.15, 0.2) is 0 Å². The van der Waals surface area contributed by atoms with Crippen molar-refractivity contribution >= 4 is 65.5 Å². The lowest BCUT2D eigenvalue weighted by atomic mass is 10.1. The van der Waals surface area contributed by atoms with Crippen LogP contribution in [0.1, 0.15) is 0 Å². The Bertz CT molecular complexity index is 3010. The summed E-state index contributed by atoms with van der Waals surface area (Å²) in [5, 5.41) is 12.1. The average Bonchev–Trinajstić information content (AvgIpc) is 3.94. The molecular weight excluding hydrogens is 613 g/mol. The fraction of sp³-hybridized carbons (Fsp3) is 0. The van der Waals surface area contributed by atoms with E-state index in [1.807, 2.05) is 23.1 Å². The molecule has 0 amide bonds. The molecule has 0 aliphatic carbocycles. The predicted molar refractivity (Wildman–Crippen MR) is 204 cm³/mol. The van der Waals surface area contributed by atoms with Crippen LogP contribution >= 0.6 is 0 Å². The van der Waals surface area contributed by atoms with Crippen LogP contribution in [0, 0.1) is 0 Å². The number of para-hydroxylation sites is 4. The topological polar surface area (TPSA) is 45.5 Å². The maximum absolute atomic E-state index is 4.90. The molecule has 0 aliphatic rings. The van der Waals surface area contributed by atoms with Crippen LogP contribution in [0.4, 0.5) is 0 Å². The van der Waals surface area contributed by atoms with Crippen molar-refractivity contribution in [3.8, 4) is 22.7 Å². The second-order valence-corrected chi connectivity index (χ2v) is 12.8. The first-order valence-corrected chi connectivity index (χ1v) is 16.8. The molecular formula is C44H28N6. The number of nitrogens with zero attached hydrogens (tertiary/aromatic N) is 6. The second kappa shape index (κ2) is 10.3. The molecule has 5 heterocycles. The van der Waals surface area contributed by atoms with Crippen molar-refractivity contribution in [2.45, 2.75) is 0 Å². The first kappa shape index (κ1) is 27.1. The summed E-state index contributed by atoms with van der Waals surface area (Å²) in [6.07, 6.45) is 5.96. The molecule has 0 unspecified atom stereocenters. The van der Waals surface area contributed by atoms with Gasteiger partial charge in [0.2, 0.25) is 0 Å². The second-order valence-electron chi connectivity index (χ2n) is 12.8. The van der Waals surface area contributed by atoms with E-state index in [1.54, 1.807) is 0 Å². The number of fused-ring (bicyclic) bond motifs is 9. The third-order valence-corrected chi connectivity index (χ3v) is 10.1. The SMILES string of the molecule is c1cc(-n2c3ccccc3c3ccc(-n4cc(-n5c6ccccc6c6ccccc65)cn4)cc32)cc(-n2c3ccccc3c3cccnc32)c1. The summed E-state index contributed by atoms with van der Waals surface area (Å²) in [5.41, 5.74) is 10.9. The Balaban J connectivity index is 1.10. The fourth-order valence-corrected chi connectivity index (χ4v) is 7.98. The molecule has 6 aromatic carbocycles. The van der Waals surface area contributed by atoms with Gasteiger partial charge in [-0.15, -0.1) is 0 Å². The number of hydrogen-bond acceptors (Lipinski definition) is 2. The minimum Gasteiger partial charge on any atom is -0.309 e. The van der Waals surface area contributed by atoms with Crippen LogP contribution in [0.3, 0.4) is 0 Å². The lowest BCUT2D eigenvalue weighted by Crippen LogP contribution is -2.00. The van der Waals surface area contributed by atoms with E-state index in [9.17, 15) is 0 Å². The number of hydrogen-bond donors (Lipinski definition) is 0. The molecule has 5 aromatic heterocycles. The lowest BCUT2D eigenvalue weighted by Gasteiger charge is -2.13. The van der Waals surface area contributed by atoms with Crippen LogP contribution in [0.5, 0.6) is 0 Å². The molecule has 0 N–H and O–H groups in total. The van der Waals surface area contributed by atoms with E-state index in [-0.39, 0.29) is 0 Å². The highest BCUT2D eigenvalue weighted by atomic mass is 15.3. The molecule has 50 heavy (non-hydrogen) atoms. The molecule has 0 aliphatic heterocycles. The maximum Gasteiger partial charge on any atom is 0.145 e. The van der Waals surface area contributed by atoms with Crippen molar-refractivity contribution in [2.24, 2.45) is 0 Å². The third kappa shape index (κ3) is 3.78. The van der Waals surface area contributed by atoms with Crippen LogP contribution in [-0.4, -0.2) is 28.5 Å². The van der Waals surface area contributed by atoms with E-state index in [2.05, 4.69) is 165 Å². The Labute approximate surface area is 286 Å². The maximum atomic E-state index is 4.90.